The van der Waals surface area contributed by atoms with Crippen LogP contribution in [0.15, 0.2) is 12.1 Å². The van der Waals surface area contributed by atoms with Gasteiger partial charge in [-0.05, 0) is 44.7 Å². The Morgan fingerprint density at radius 2 is 2.00 bits per heavy atom. The molecule has 2 aliphatic rings. The van der Waals surface area contributed by atoms with E-state index in [4.69, 9.17) is 0 Å². The smallest absolute Gasteiger partial charge is 0.213 e. The summed E-state index contributed by atoms with van der Waals surface area (Å²) in [6.07, 6.45) is 4.47. The van der Waals surface area contributed by atoms with Crippen molar-refractivity contribution < 1.29 is 9.18 Å². The lowest BCUT2D eigenvalue weighted by Crippen LogP contribution is -2.25. The highest BCUT2D eigenvalue weighted by Crippen LogP contribution is 2.46. The summed E-state index contributed by atoms with van der Waals surface area (Å²) in [4.78, 5) is 16.2. The molecule has 2 aliphatic heterocycles. The Kier molecular flexibility index (Phi) is 3.14. The summed E-state index contributed by atoms with van der Waals surface area (Å²) < 4.78 is 13.0. The van der Waals surface area contributed by atoms with Crippen LogP contribution in [-0.4, -0.2) is 21.3 Å². The van der Waals surface area contributed by atoms with Gasteiger partial charge in [-0.3, -0.25) is 4.79 Å². The molecule has 2 atom stereocenters. The molecule has 3 rings (SSSR count). The first-order valence-corrected chi connectivity index (χ1v) is 7.40. The van der Waals surface area contributed by atoms with Crippen molar-refractivity contribution in [1.82, 2.24) is 4.98 Å². The zero-order valence-corrected chi connectivity index (χ0v) is 11.2. The molecular weight excluding hydrogens is 249 g/mol. The summed E-state index contributed by atoms with van der Waals surface area (Å²) in [5.74, 6) is -0.227. The quantitative estimate of drug-likeness (QED) is 0.606. The van der Waals surface area contributed by atoms with Crippen LogP contribution in [-0.2, 0) is 0 Å². The Bertz CT molecular complexity index is 479. The molecule has 0 aromatic carbocycles. The minimum Gasteiger partial charge on any atom is -0.294 e. The van der Waals surface area contributed by atoms with Crippen molar-refractivity contribution in [3.05, 3.63) is 29.3 Å². The third-order valence-electron chi connectivity index (χ3n) is 3.98. The molecule has 2 fully saturated rings. The number of fused-ring (bicyclic) bond motifs is 2. The van der Waals surface area contributed by atoms with Crippen molar-refractivity contribution in [3.63, 3.8) is 0 Å². The standard InChI is InChI=1S/C14H16FNOS/c1-8-12(4-5-13(15)16-8)14(17)9-6-10-2-3-11(7-9)18-10/h4-5,9-11H,2-3,6-7H2,1H3. The number of aryl methyl sites for hydroxylation is 1. The molecule has 1 aromatic heterocycles. The van der Waals surface area contributed by atoms with E-state index >= 15 is 0 Å². The molecule has 2 nitrogen and oxygen atoms in total. The number of rotatable bonds is 2. The molecule has 0 N–H and O–H groups in total. The van der Waals surface area contributed by atoms with E-state index in [1.54, 1.807) is 13.0 Å². The van der Waals surface area contributed by atoms with Gasteiger partial charge in [0.25, 0.3) is 0 Å². The summed E-state index contributed by atoms with van der Waals surface area (Å²) >= 11 is 2.05. The van der Waals surface area contributed by atoms with E-state index in [2.05, 4.69) is 4.98 Å². The molecule has 2 saturated heterocycles. The second-order valence-electron chi connectivity index (χ2n) is 5.26. The maximum Gasteiger partial charge on any atom is 0.213 e. The number of hydrogen-bond donors (Lipinski definition) is 0. The zero-order valence-electron chi connectivity index (χ0n) is 10.4. The average Bonchev–Trinajstić information content (AvgIpc) is 2.67. The van der Waals surface area contributed by atoms with Crippen LogP contribution in [0.1, 0.15) is 41.7 Å². The Balaban J connectivity index is 1.82. The van der Waals surface area contributed by atoms with Gasteiger partial charge in [0.2, 0.25) is 5.95 Å². The number of hydrogen-bond acceptors (Lipinski definition) is 3. The molecule has 0 saturated carbocycles. The van der Waals surface area contributed by atoms with Crippen LogP contribution >= 0.6 is 11.8 Å². The van der Waals surface area contributed by atoms with Crippen LogP contribution in [0.3, 0.4) is 0 Å². The molecule has 96 valence electrons. The monoisotopic (exact) mass is 265 g/mol. The molecule has 1 aromatic rings. The van der Waals surface area contributed by atoms with Crippen LogP contribution in [0.5, 0.6) is 0 Å². The lowest BCUT2D eigenvalue weighted by molar-refractivity contribution is 0.0905. The van der Waals surface area contributed by atoms with Crippen molar-refractivity contribution >= 4 is 17.5 Å². The number of pyridine rings is 1. The summed E-state index contributed by atoms with van der Waals surface area (Å²) in [5.41, 5.74) is 1.12. The van der Waals surface area contributed by atoms with Crippen LogP contribution < -0.4 is 0 Å². The molecule has 0 spiro atoms. The molecular formula is C14H16FNOS. The van der Waals surface area contributed by atoms with Gasteiger partial charge in [0.15, 0.2) is 5.78 Å². The largest absolute Gasteiger partial charge is 0.294 e. The van der Waals surface area contributed by atoms with Crippen LogP contribution in [0.2, 0.25) is 0 Å². The summed E-state index contributed by atoms with van der Waals surface area (Å²) in [5, 5.41) is 1.32. The van der Waals surface area contributed by atoms with Gasteiger partial charge >= 0.3 is 0 Å². The Hall–Kier alpha value is -0.900. The third kappa shape index (κ3) is 2.18. The molecule has 0 radical (unpaired) electrons. The van der Waals surface area contributed by atoms with Crippen LogP contribution in [0.4, 0.5) is 4.39 Å². The summed E-state index contributed by atoms with van der Waals surface area (Å²) in [6.45, 7) is 1.71. The van der Waals surface area contributed by atoms with E-state index in [0.29, 0.717) is 21.8 Å². The van der Waals surface area contributed by atoms with E-state index in [-0.39, 0.29) is 11.7 Å². The topological polar surface area (TPSA) is 30.0 Å². The average molecular weight is 265 g/mol. The summed E-state index contributed by atoms with van der Waals surface area (Å²) in [6, 6.07) is 2.87. The molecule has 2 unspecified atom stereocenters. The minimum absolute atomic E-state index is 0.120. The SMILES string of the molecule is Cc1nc(F)ccc1C(=O)C1CC2CCC(C1)S2. The molecule has 2 bridgehead atoms. The highest BCUT2D eigenvalue weighted by Gasteiger charge is 2.38. The Labute approximate surface area is 110 Å². The van der Waals surface area contributed by atoms with Crippen molar-refractivity contribution in [2.75, 3.05) is 0 Å². The van der Waals surface area contributed by atoms with E-state index < -0.39 is 5.95 Å². The normalized spacial score (nSPS) is 30.4. The van der Waals surface area contributed by atoms with Crippen LogP contribution in [0.25, 0.3) is 0 Å². The minimum atomic E-state index is -0.511. The number of carbonyl (C=O) groups is 1. The number of ketones is 1. The number of aromatic nitrogens is 1. The van der Waals surface area contributed by atoms with Crippen molar-refractivity contribution in [2.24, 2.45) is 5.92 Å². The van der Waals surface area contributed by atoms with Gasteiger partial charge in [-0.2, -0.15) is 16.2 Å². The van der Waals surface area contributed by atoms with Crippen molar-refractivity contribution in [1.29, 1.82) is 0 Å². The van der Waals surface area contributed by atoms with Gasteiger partial charge in [0.05, 0.1) is 5.69 Å². The lowest BCUT2D eigenvalue weighted by Gasteiger charge is -2.26. The zero-order chi connectivity index (χ0) is 12.7. The van der Waals surface area contributed by atoms with Crippen LogP contribution in [0, 0.1) is 18.8 Å². The van der Waals surface area contributed by atoms with E-state index in [1.807, 2.05) is 11.8 Å². The molecule has 0 amide bonds. The Morgan fingerprint density at radius 3 is 2.61 bits per heavy atom. The van der Waals surface area contributed by atoms with Gasteiger partial charge < -0.3 is 0 Å². The van der Waals surface area contributed by atoms with Gasteiger partial charge in [0.1, 0.15) is 0 Å². The van der Waals surface area contributed by atoms with E-state index in [0.717, 1.165) is 12.8 Å². The molecule has 18 heavy (non-hydrogen) atoms. The first-order valence-electron chi connectivity index (χ1n) is 6.46. The lowest BCUT2D eigenvalue weighted by atomic mass is 9.90. The second-order valence-corrected chi connectivity index (χ2v) is 6.86. The van der Waals surface area contributed by atoms with Gasteiger partial charge in [-0.25, -0.2) is 4.98 Å². The fourth-order valence-corrected chi connectivity index (χ4v) is 4.86. The number of Topliss-reactive ketones (excluding diaryl/α,β-unsaturated/α-hetero) is 1. The predicted molar refractivity (Wildman–Crippen MR) is 70.4 cm³/mol. The molecule has 4 heteroatoms. The molecule has 3 heterocycles. The fourth-order valence-electron chi connectivity index (χ4n) is 3.08. The van der Waals surface area contributed by atoms with Gasteiger partial charge in [0, 0.05) is 22.0 Å². The number of carbonyl (C=O) groups excluding carboxylic acids is 1. The maximum absolute atomic E-state index is 13.0. The predicted octanol–water partition coefficient (Wildman–Crippen LogP) is 3.39. The number of halogens is 1. The molecule has 0 aliphatic carbocycles. The third-order valence-corrected chi connectivity index (χ3v) is 5.60. The number of nitrogens with zero attached hydrogens (tertiary/aromatic N) is 1. The summed E-state index contributed by atoms with van der Waals surface area (Å²) in [7, 11) is 0. The Morgan fingerprint density at radius 1 is 1.33 bits per heavy atom. The fraction of sp³-hybridized carbons (Fsp3) is 0.571. The van der Waals surface area contributed by atoms with Gasteiger partial charge in [-0.1, -0.05) is 0 Å². The number of thioether (sulfide) groups is 1. The maximum atomic E-state index is 13.0. The van der Waals surface area contributed by atoms with E-state index in [9.17, 15) is 9.18 Å². The van der Waals surface area contributed by atoms with Crippen molar-refractivity contribution in [3.8, 4) is 0 Å². The second kappa shape index (κ2) is 4.65. The first kappa shape index (κ1) is 12.2. The van der Waals surface area contributed by atoms with E-state index in [1.165, 1.54) is 18.9 Å². The van der Waals surface area contributed by atoms with Crippen molar-refractivity contribution in [2.45, 2.75) is 43.1 Å². The highest BCUT2D eigenvalue weighted by molar-refractivity contribution is 8.00. The van der Waals surface area contributed by atoms with Gasteiger partial charge in [-0.15, -0.1) is 0 Å². The first-order chi connectivity index (χ1) is 8.63. The highest BCUT2D eigenvalue weighted by atomic mass is 32.2.